The zero-order valence-electron chi connectivity index (χ0n) is 42.8. The summed E-state index contributed by atoms with van der Waals surface area (Å²) in [4.78, 5) is 38.1. The van der Waals surface area contributed by atoms with Crippen LogP contribution in [0.2, 0.25) is 0 Å². The van der Waals surface area contributed by atoms with Crippen LogP contribution in [0.5, 0.6) is 0 Å². The van der Waals surface area contributed by atoms with Crippen LogP contribution >= 0.6 is 0 Å². The van der Waals surface area contributed by atoms with Gasteiger partial charge in [0.2, 0.25) is 0 Å². The molecule has 0 spiro atoms. The van der Waals surface area contributed by atoms with Crippen LogP contribution in [0.25, 0.3) is 0 Å². The zero-order chi connectivity index (χ0) is 46.5. The van der Waals surface area contributed by atoms with Gasteiger partial charge in [-0.25, -0.2) is 0 Å². The first kappa shape index (κ1) is 61.6. The van der Waals surface area contributed by atoms with E-state index >= 15 is 0 Å². The van der Waals surface area contributed by atoms with Crippen LogP contribution in [0, 0.1) is 0 Å². The van der Waals surface area contributed by atoms with Gasteiger partial charge in [0.15, 0.2) is 6.10 Å². The van der Waals surface area contributed by atoms with Crippen LogP contribution in [0.3, 0.4) is 0 Å². The highest BCUT2D eigenvalue weighted by atomic mass is 16.6. The molecule has 0 fully saturated rings. The fourth-order valence-corrected chi connectivity index (χ4v) is 8.07. The number of rotatable bonds is 51. The molecule has 0 aromatic heterocycles. The summed E-state index contributed by atoms with van der Waals surface area (Å²) in [5, 5.41) is 0. The van der Waals surface area contributed by atoms with Crippen LogP contribution in [0.15, 0.2) is 36.5 Å². The molecule has 374 valence electrons. The van der Waals surface area contributed by atoms with Gasteiger partial charge >= 0.3 is 17.9 Å². The van der Waals surface area contributed by atoms with E-state index in [-0.39, 0.29) is 31.1 Å². The van der Waals surface area contributed by atoms with Crippen molar-refractivity contribution in [2.45, 2.75) is 303 Å². The molecule has 1 atom stereocenters. The fourth-order valence-electron chi connectivity index (χ4n) is 8.07. The third kappa shape index (κ3) is 50.6. The average molecular weight is 899 g/mol. The Labute approximate surface area is 397 Å². The second-order valence-corrected chi connectivity index (χ2v) is 18.8. The highest BCUT2D eigenvalue weighted by Crippen LogP contribution is 2.15. The predicted molar refractivity (Wildman–Crippen MR) is 275 cm³/mol. The van der Waals surface area contributed by atoms with E-state index in [2.05, 4.69) is 57.2 Å². The molecule has 0 aromatic rings. The summed E-state index contributed by atoms with van der Waals surface area (Å²) in [7, 11) is 0. The maximum Gasteiger partial charge on any atom is 0.306 e. The third-order valence-electron chi connectivity index (χ3n) is 12.3. The Bertz CT molecular complexity index is 1080. The summed E-state index contributed by atoms with van der Waals surface area (Å²) in [6, 6.07) is 0. The molecule has 0 aliphatic carbocycles. The van der Waals surface area contributed by atoms with Crippen LogP contribution in [-0.4, -0.2) is 37.2 Å². The molecular weight excluding hydrogens is 793 g/mol. The van der Waals surface area contributed by atoms with E-state index < -0.39 is 6.10 Å². The molecule has 0 rings (SSSR count). The predicted octanol–water partition coefficient (Wildman–Crippen LogP) is 18.5. The van der Waals surface area contributed by atoms with Gasteiger partial charge in [0, 0.05) is 19.3 Å². The number of unbranched alkanes of at least 4 members (excludes halogenated alkanes) is 34. The number of carbonyl (C=O) groups is 3. The molecule has 0 saturated carbocycles. The molecule has 0 heterocycles. The molecule has 0 amide bonds. The lowest BCUT2D eigenvalue weighted by atomic mass is 10.1. The first-order valence-electron chi connectivity index (χ1n) is 28.0. The van der Waals surface area contributed by atoms with E-state index in [0.717, 1.165) is 64.2 Å². The lowest BCUT2D eigenvalue weighted by Crippen LogP contribution is -2.30. The van der Waals surface area contributed by atoms with Crippen LogP contribution in [-0.2, 0) is 28.6 Å². The van der Waals surface area contributed by atoms with E-state index in [1.807, 2.05) is 0 Å². The van der Waals surface area contributed by atoms with Crippen molar-refractivity contribution in [2.24, 2.45) is 0 Å². The minimum absolute atomic E-state index is 0.0768. The second-order valence-electron chi connectivity index (χ2n) is 18.8. The molecule has 0 saturated heterocycles. The van der Waals surface area contributed by atoms with Gasteiger partial charge in [0.1, 0.15) is 13.2 Å². The smallest absolute Gasteiger partial charge is 0.306 e. The van der Waals surface area contributed by atoms with Gasteiger partial charge in [-0.2, -0.15) is 0 Å². The lowest BCUT2D eigenvalue weighted by Gasteiger charge is -2.18. The minimum atomic E-state index is -0.777. The van der Waals surface area contributed by atoms with E-state index in [4.69, 9.17) is 14.2 Å². The third-order valence-corrected chi connectivity index (χ3v) is 12.3. The topological polar surface area (TPSA) is 78.9 Å². The van der Waals surface area contributed by atoms with E-state index in [9.17, 15) is 14.4 Å². The van der Waals surface area contributed by atoms with Crippen LogP contribution in [0.1, 0.15) is 297 Å². The quantitative estimate of drug-likeness (QED) is 0.0262. The van der Waals surface area contributed by atoms with Crippen molar-refractivity contribution in [1.29, 1.82) is 0 Å². The van der Waals surface area contributed by atoms with Gasteiger partial charge in [-0.15, -0.1) is 0 Å². The van der Waals surface area contributed by atoms with Crippen molar-refractivity contribution in [3.8, 4) is 0 Å². The molecule has 0 aliphatic rings. The molecule has 0 aliphatic heterocycles. The Hall–Kier alpha value is -2.37. The molecule has 0 unspecified atom stereocenters. The van der Waals surface area contributed by atoms with E-state index in [1.165, 1.54) is 193 Å². The monoisotopic (exact) mass is 899 g/mol. The maximum absolute atomic E-state index is 12.8. The number of esters is 3. The number of hydrogen-bond acceptors (Lipinski definition) is 6. The second kappa shape index (κ2) is 53.2. The molecule has 6 heteroatoms. The summed E-state index contributed by atoms with van der Waals surface area (Å²) < 4.78 is 16.8. The van der Waals surface area contributed by atoms with Gasteiger partial charge in [0.05, 0.1) is 0 Å². The van der Waals surface area contributed by atoms with E-state index in [0.29, 0.717) is 19.3 Å². The fraction of sp³-hybridized carbons (Fsp3) is 0.845. The van der Waals surface area contributed by atoms with Gasteiger partial charge < -0.3 is 14.2 Å². The standard InChI is InChI=1S/C58H106O6/c1-4-7-10-13-16-19-22-25-28-29-31-33-36-39-42-45-48-51-57(60)63-54-55(53-62-56(59)50-47-44-41-38-35-32-27-24-21-18-15-12-9-6-3)64-58(61)52-49-46-43-40-37-34-30-26-23-20-17-14-11-8-5-2/h20,23-25,27-28,55H,4-19,21-22,26,29-54H2,1-3H3/b23-20+,27-24+,28-25+/t55-/m1/s1. The van der Waals surface area contributed by atoms with Gasteiger partial charge in [0.25, 0.3) is 0 Å². The number of hydrogen-bond donors (Lipinski definition) is 0. The Balaban J connectivity index is 4.37. The van der Waals surface area contributed by atoms with Gasteiger partial charge in [-0.3, -0.25) is 14.4 Å². The number of carbonyl (C=O) groups excluding carboxylic acids is 3. The molecule has 0 radical (unpaired) electrons. The van der Waals surface area contributed by atoms with E-state index in [1.54, 1.807) is 0 Å². The molecular formula is C58H106O6. The normalized spacial score (nSPS) is 12.2. The van der Waals surface area contributed by atoms with Gasteiger partial charge in [-0.05, 0) is 96.3 Å². The molecule has 0 bridgehead atoms. The summed E-state index contributed by atoms with van der Waals surface area (Å²) in [6.07, 6.45) is 62.7. The highest BCUT2D eigenvalue weighted by Gasteiger charge is 2.19. The first-order valence-corrected chi connectivity index (χ1v) is 28.0. The zero-order valence-corrected chi connectivity index (χ0v) is 42.8. The SMILES string of the molecule is CCCCCC/C=C/CCCCCCCCCC(=O)O[C@H](COC(=O)CCCCCCC/C=C/CCCCCCC)COC(=O)CCCCCCCCC/C=C/CCCCCCCC. The summed E-state index contributed by atoms with van der Waals surface area (Å²) in [5.41, 5.74) is 0. The van der Waals surface area contributed by atoms with Crippen molar-refractivity contribution >= 4 is 17.9 Å². The van der Waals surface area contributed by atoms with Crippen LogP contribution < -0.4 is 0 Å². The van der Waals surface area contributed by atoms with Crippen molar-refractivity contribution in [2.75, 3.05) is 13.2 Å². The Morgan fingerprint density at radius 1 is 0.297 bits per heavy atom. The molecule has 0 N–H and O–H groups in total. The molecule has 0 aromatic carbocycles. The largest absolute Gasteiger partial charge is 0.462 e. The van der Waals surface area contributed by atoms with Crippen LogP contribution in [0.4, 0.5) is 0 Å². The molecule has 6 nitrogen and oxygen atoms in total. The maximum atomic E-state index is 12.8. The van der Waals surface area contributed by atoms with Crippen molar-refractivity contribution in [1.82, 2.24) is 0 Å². The number of ether oxygens (including phenoxy) is 3. The Kier molecular flexibility index (Phi) is 51.3. The molecule has 64 heavy (non-hydrogen) atoms. The Morgan fingerprint density at radius 3 is 0.797 bits per heavy atom. The van der Waals surface area contributed by atoms with Crippen molar-refractivity contribution < 1.29 is 28.6 Å². The highest BCUT2D eigenvalue weighted by molar-refractivity contribution is 5.71. The minimum Gasteiger partial charge on any atom is -0.462 e. The van der Waals surface area contributed by atoms with Crippen molar-refractivity contribution in [3.05, 3.63) is 36.5 Å². The lowest BCUT2D eigenvalue weighted by molar-refractivity contribution is -0.167. The summed E-state index contributed by atoms with van der Waals surface area (Å²) >= 11 is 0. The summed E-state index contributed by atoms with van der Waals surface area (Å²) in [5.74, 6) is -0.881. The summed E-state index contributed by atoms with van der Waals surface area (Å²) in [6.45, 7) is 6.63. The average Bonchev–Trinajstić information content (AvgIpc) is 3.29. The van der Waals surface area contributed by atoms with Crippen molar-refractivity contribution in [3.63, 3.8) is 0 Å². The number of allylic oxidation sites excluding steroid dienone is 6. The van der Waals surface area contributed by atoms with Gasteiger partial charge in [-0.1, -0.05) is 218 Å². The Morgan fingerprint density at radius 2 is 0.516 bits per heavy atom. The first-order chi connectivity index (χ1) is 31.5.